The van der Waals surface area contributed by atoms with Crippen molar-refractivity contribution in [2.75, 3.05) is 19.6 Å². The molecular formula is C12H26N2. The van der Waals surface area contributed by atoms with Crippen LogP contribution in [0.4, 0.5) is 0 Å². The van der Waals surface area contributed by atoms with Gasteiger partial charge < -0.3 is 10.6 Å². The lowest BCUT2D eigenvalue weighted by atomic mass is 9.94. The third-order valence-electron chi connectivity index (χ3n) is 3.25. The van der Waals surface area contributed by atoms with Crippen molar-refractivity contribution in [2.45, 2.75) is 57.9 Å². The fraction of sp³-hybridized carbons (Fsp3) is 1.00. The van der Waals surface area contributed by atoms with Crippen LogP contribution in [0.1, 0.15) is 51.9 Å². The van der Waals surface area contributed by atoms with Gasteiger partial charge in [0.2, 0.25) is 0 Å². The molecule has 1 saturated carbocycles. The van der Waals surface area contributed by atoms with Crippen LogP contribution in [0.3, 0.4) is 0 Å². The van der Waals surface area contributed by atoms with Crippen LogP contribution in [0.15, 0.2) is 0 Å². The number of rotatable bonds is 6. The van der Waals surface area contributed by atoms with Crippen molar-refractivity contribution < 1.29 is 0 Å². The fourth-order valence-electron chi connectivity index (χ4n) is 2.50. The van der Waals surface area contributed by atoms with E-state index in [9.17, 15) is 0 Å². The van der Waals surface area contributed by atoms with Crippen molar-refractivity contribution >= 4 is 0 Å². The van der Waals surface area contributed by atoms with E-state index < -0.39 is 0 Å². The molecule has 0 radical (unpaired) electrons. The molecule has 0 aromatic heterocycles. The first-order chi connectivity index (χ1) is 6.88. The molecule has 14 heavy (non-hydrogen) atoms. The molecule has 0 bridgehead atoms. The second-order valence-electron chi connectivity index (χ2n) is 4.47. The van der Waals surface area contributed by atoms with Crippen molar-refractivity contribution in [3.8, 4) is 0 Å². The van der Waals surface area contributed by atoms with Gasteiger partial charge in [-0.25, -0.2) is 0 Å². The van der Waals surface area contributed by atoms with Gasteiger partial charge in [-0.1, -0.05) is 26.2 Å². The molecule has 2 nitrogen and oxygen atoms in total. The highest BCUT2D eigenvalue weighted by Gasteiger charge is 2.19. The summed E-state index contributed by atoms with van der Waals surface area (Å²) >= 11 is 0. The summed E-state index contributed by atoms with van der Waals surface area (Å²) in [6, 6.07) is 0.871. The normalized spacial score (nSPS) is 19.1. The molecule has 1 rings (SSSR count). The van der Waals surface area contributed by atoms with E-state index in [1.54, 1.807) is 0 Å². The van der Waals surface area contributed by atoms with E-state index in [0.29, 0.717) is 0 Å². The average molecular weight is 198 g/mol. The van der Waals surface area contributed by atoms with E-state index in [4.69, 9.17) is 5.73 Å². The molecule has 1 fully saturated rings. The lowest BCUT2D eigenvalue weighted by Crippen LogP contribution is -2.38. The molecular weight excluding hydrogens is 172 g/mol. The number of nitrogens with zero attached hydrogens (tertiary/aromatic N) is 1. The van der Waals surface area contributed by atoms with Crippen molar-refractivity contribution in [1.82, 2.24) is 4.90 Å². The van der Waals surface area contributed by atoms with Crippen molar-refractivity contribution in [1.29, 1.82) is 0 Å². The van der Waals surface area contributed by atoms with E-state index in [-0.39, 0.29) is 0 Å². The van der Waals surface area contributed by atoms with Gasteiger partial charge in [-0.15, -0.1) is 0 Å². The minimum atomic E-state index is 0.840. The molecule has 1 aliphatic rings. The van der Waals surface area contributed by atoms with E-state index in [0.717, 1.165) is 19.0 Å². The Kier molecular flexibility index (Phi) is 6.20. The summed E-state index contributed by atoms with van der Waals surface area (Å²) in [5.74, 6) is 0. The molecule has 0 spiro atoms. The molecule has 0 amide bonds. The topological polar surface area (TPSA) is 29.3 Å². The Morgan fingerprint density at radius 1 is 1.14 bits per heavy atom. The Hall–Kier alpha value is -0.0800. The monoisotopic (exact) mass is 198 g/mol. The summed E-state index contributed by atoms with van der Waals surface area (Å²) in [7, 11) is 0. The maximum Gasteiger partial charge on any atom is 0.00952 e. The maximum atomic E-state index is 5.58. The summed E-state index contributed by atoms with van der Waals surface area (Å²) in [6.45, 7) is 5.60. The minimum Gasteiger partial charge on any atom is -0.330 e. The van der Waals surface area contributed by atoms with Gasteiger partial charge in [0.1, 0.15) is 0 Å². The molecule has 0 saturated heterocycles. The second-order valence-corrected chi connectivity index (χ2v) is 4.47. The molecule has 2 N–H and O–H groups in total. The number of hydrogen-bond acceptors (Lipinski definition) is 2. The fourth-order valence-corrected chi connectivity index (χ4v) is 2.50. The van der Waals surface area contributed by atoms with E-state index in [1.165, 1.54) is 51.6 Å². The first-order valence-electron chi connectivity index (χ1n) is 6.32. The van der Waals surface area contributed by atoms with Gasteiger partial charge >= 0.3 is 0 Å². The highest BCUT2D eigenvalue weighted by atomic mass is 15.1. The minimum absolute atomic E-state index is 0.840. The lowest BCUT2D eigenvalue weighted by molar-refractivity contribution is 0.155. The van der Waals surface area contributed by atoms with Gasteiger partial charge in [0.25, 0.3) is 0 Å². The van der Waals surface area contributed by atoms with Crippen LogP contribution < -0.4 is 5.73 Å². The first kappa shape index (κ1) is 12.0. The SMILES string of the molecule is CCCN(CCCN)C1CCCCC1. The Bertz CT molecular complexity index is 130. The standard InChI is InChI=1S/C12H26N2/c1-2-10-14(11-6-9-13)12-7-4-3-5-8-12/h12H,2-11,13H2,1H3. The predicted octanol–water partition coefficient (Wildman–Crippen LogP) is 2.38. The molecule has 0 aromatic carbocycles. The molecule has 0 unspecified atom stereocenters. The van der Waals surface area contributed by atoms with Crippen LogP contribution in [0.5, 0.6) is 0 Å². The predicted molar refractivity (Wildman–Crippen MR) is 62.4 cm³/mol. The van der Waals surface area contributed by atoms with Crippen molar-refractivity contribution in [2.24, 2.45) is 5.73 Å². The summed E-state index contributed by atoms with van der Waals surface area (Å²) < 4.78 is 0. The Morgan fingerprint density at radius 3 is 2.43 bits per heavy atom. The Morgan fingerprint density at radius 2 is 1.86 bits per heavy atom. The molecule has 1 aliphatic carbocycles. The molecule has 0 heterocycles. The van der Waals surface area contributed by atoms with Gasteiger partial charge in [0.15, 0.2) is 0 Å². The third kappa shape index (κ3) is 3.97. The number of hydrogen-bond donors (Lipinski definition) is 1. The zero-order valence-electron chi connectivity index (χ0n) is 9.67. The largest absolute Gasteiger partial charge is 0.330 e. The Balaban J connectivity index is 2.30. The summed E-state index contributed by atoms with van der Waals surface area (Å²) in [5.41, 5.74) is 5.58. The van der Waals surface area contributed by atoms with Gasteiger partial charge in [-0.05, 0) is 45.3 Å². The molecule has 0 aromatic rings. The Labute approximate surface area is 88.8 Å². The molecule has 84 valence electrons. The molecule has 2 heteroatoms. The zero-order chi connectivity index (χ0) is 10.2. The summed E-state index contributed by atoms with van der Waals surface area (Å²) in [4.78, 5) is 2.67. The smallest absolute Gasteiger partial charge is 0.00952 e. The van der Waals surface area contributed by atoms with E-state index >= 15 is 0 Å². The van der Waals surface area contributed by atoms with E-state index in [1.807, 2.05) is 0 Å². The lowest BCUT2D eigenvalue weighted by Gasteiger charge is -2.34. The van der Waals surface area contributed by atoms with Gasteiger partial charge in [0, 0.05) is 6.04 Å². The number of nitrogens with two attached hydrogens (primary N) is 1. The summed E-state index contributed by atoms with van der Waals surface area (Å²) in [6.07, 6.45) is 9.61. The van der Waals surface area contributed by atoms with Crippen LogP contribution in [-0.2, 0) is 0 Å². The zero-order valence-corrected chi connectivity index (χ0v) is 9.67. The van der Waals surface area contributed by atoms with Crippen LogP contribution in [-0.4, -0.2) is 30.6 Å². The third-order valence-corrected chi connectivity index (χ3v) is 3.25. The van der Waals surface area contributed by atoms with Crippen LogP contribution >= 0.6 is 0 Å². The van der Waals surface area contributed by atoms with Crippen LogP contribution in [0, 0.1) is 0 Å². The second kappa shape index (κ2) is 7.24. The highest BCUT2D eigenvalue weighted by molar-refractivity contribution is 4.75. The van der Waals surface area contributed by atoms with Crippen LogP contribution in [0.25, 0.3) is 0 Å². The highest BCUT2D eigenvalue weighted by Crippen LogP contribution is 2.22. The van der Waals surface area contributed by atoms with Gasteiger partial charge in [-0.2, -0.15) is 0 Å². The van der Waals surface area contributed by atoms with Gasteiger partial charge in [-0.3, -0.25) is 0 Å². The first-order valence-corrected chi connectivity index (χ1v) is 6.32. The molecule has 0 atom stereocenters. The van der Waals surface area contributed by atoms with Gasteiger partial charge in [0.05, 0.1) is 0 Å². The quantitative estimate of drug-likeness (QED) is 0.710. The van der Waals surface area contributed by atoms with E-state index in [2.05, 4.69) is 11.8 Å². The molecule has 0 aliphatic heterocycles. The average Bonchev–Trinajstić information content (AvgIpc) is 2.25. The van der Waals surface area contributed by atoms with Crippen molar-refractivity contribution in [3.05, 3.63) is 0 Å². The van der Waals surface area contributed by atoms with Crippen LogP contribution in [0.2, 0.25) is 0 Å². The van der Waals surface area contributed by atoms with Crippen molar-refractivity contribution in [3.63, 3.8) is 0 Å². The maximum absolute atomic E-state index is 5.58. The summed E-state index contributed by atoms with van der Waals surface area (Å²) in [5, 5.41) is 0.